The summed E-state index contributed by atoms with van der Waals surface area (Å²) in [4.78, 5) is 17.1. The number of benzene rings is 1. The molecular formula is C22H27N5O2. The van der Waals surface area contributed by atoms with Crippen molar-refractivity contribution in [3.8, 4) is 0 Å². The van der Waals surface area contributed by atoms with Crippen LogP contribution in [0, 0.1) is 13.8 Å². The summed E-state index contributed by atoms with van der Waals surface area (Å²) in [6.07, 6.45) is 6.10. The molecule has 7 nitrogen and oxygen atoms in total. The lowest BCUT2D eigenvalue weighted by Gasteiger charge is -2.16. The largest absolute Gasteiger partial charge is 0.462 e. The zero-order chi connectivity index (χ0) is 20.4. The Morgan fingerprint density at radius 1 is 1.21 bits per heavy atom. The van der Waals surface area contributed by atoms with Crippen molar-refractivity contribution < 1.29 is 9.53 Å². The number of ether oxygens (including phenoxy) is 1. The maximum atomic E-state index is 12.6. The predicted octanol–water partition coefficient (Wildman–Crippen LogP) is 3.96. The molecule has 4 rings (SSSR count). The number of nitrogens with zero attached hydrogens (tertiary/aromatic N) is 4. The molecule has 0 atom stereocenters. The summed E-state index contributed by atoms with van der Waals surface area (Å²) in [5.74, 6) is 1.57. The van der Waals surface area contributed by atoms with Crippen molar-refractivity contribution in [3.05, 3.63) is 46.7 Å². The Morgan fingerprint density at radius 2 is 2.07 bits per heavy atom. The van der Waals surface area contributed by atoms with Gasteiger partial charge in [-0.15, -0.1) is 10.2 Å². The average Bonchev–Trinajstić information content (AvgIpc) is 2.92. The van der Waals surface area contributed by atoms with Crippen LogP contribution in [-0.2, 0) is 24.2 Å². The maximum absolute atomic E-state index is 12.6. The molecule has 1 aliphatic rings. The van der Waals surface area contributed by atoms with Crippen LogP contribution in [0.3, 0.4) is 0 Å². The van der Waals surface area contributed by atoms with Gasteiger partial charge in [-0.05, 0) is 45.2 Å². The lowest BCUT2D eigenvalue weighted by molar-refractivity contribution is 0.0527. The van der Waals surface area contributed by atoms with Gasteiger partial charge in [-0.1, -0.05) is 18.1 Å². The van der Waals surface area contributed by atoms with Crippen LogP contribution in [0.15, 0.2) is 18.3 Å². The molecular weight excluding hydrogens is 366 g/mol. The minimum atomic E-state index is -0.372. The molecule has 152 valence electrons. The standard InChI is InChI=1S/C22H27N5O2/c1-4-29-22(28)17-12-23-20-15(3)10-14(2)11-16(20)21(17)24-13-19-26-25-18-8-6-5-7-9-27(18)19/h10-12H,4-9,13H2,1-3H3,(H,23,24). The van der Waals surface area contributed by atoms with Gasteiger partial charge in [-0.3, -0.25) is 4.98 Å². The lowest BCUT2D eigenvalue weighted by Crippen LogP contribution is -2.14. The lowest BCUT2D eigenvalue weighted by atomic mass is 10.0. The number of rotatable bonds is 5. The van der Waals surface area contributed by atoms with Gasteiger partial charge < -0.3 is 14.6 Å². The van der Waals surface area contributed by atoms with E-state index >= 15 is 0 Å². The van der Waals surface area contributed by atoms with Crippen LogP contribution in [0.25, 0.3) is 10.9 Å². The average molecular weight is 393 g/mol. The zero-order valence-electron chi connectivity index (χ0n) is 17.3. The number of pyridine rings is 1. The molecule has 3 aromatic rings. The summed E-state index contributed by atoms with van der Waals surface area (Å²) in [7, 11) is 0. The maximum Gasteiger partial charge on any atom is 0.341 e. The van der Waals surface area contributed by atoms with E-state index in [1.165, 1.54) is 6.42 Å². The first-order chi connectivity index (χ1) is 14.1. The topological polar surface area (TPSA) is 81.9 Å². The number of aromatic nitrogens is 4. The smallest absolute Gasteiger partial charge is 0.341 e. The van der Waals surface area contributed by atoms with Gasteiger partial charge in [-0.25, -0.2) is 4.79 Å². The molecule has 1 aliphatic heterocycles. The van der Waals surface area contributed by atoms with Gasteiger partial charge >= 0.3 is 5.97 Å². The molecule has 7 heteroatoms. The molecule has 0 saturated heterocycles. The molecule has 1 N–H and O–H groups in total. The van der Waals surface area contributed by atoms with E-state index in [1.54, 1.807) is 13.1 Å². The highest BCUT2D eigenvalue weighted by molar-refractivity contribution is 6.05. The SMILES string of the molecule is CCOC(=O)c1cnc2c(C)cc(C)cc2c1NCc1nnc2n1CCCCC2. The number of anilines is 1. The second-order valence-electron chi connectivity index (χ2n) is 7.59. The van der Waals surface area contributed by atoms with Crippen LogP contribution >= 0.6 is 0 Å². The van der Waals surface area contributed by atoms with Crippen LogP contribution in [0.1, 0.15) is 59.3 Å². The van der Waals surface area contributed by atoms with Crippen LogP contribution < -0.4 is 5.32 Å². The first kappa shape index (κ1) is 19.4. The number of hydrogen-bond donors (Lipinski definition) is 1. The highest BCUT2D eigenvalue weighted by Gasteiger charge is 2.20. The molecule has 0 amide bonds. The first-order valence-corrected chi connectivity index (χ1v) is 10.3. The second kappa shape index (κ2) is 8.19. The third-order valence-corrected chi connectivity index (χ3v) is 5.41. The highest BCUT2D eigenvalue weighted by Crippen LogP contribution is 2.30. The fraction of sp³-hybridized carbons (Fsp3) is 0.455. The van der Waals surface area contributed by atoms with Crippen molar-refractivity contribution in [1.29, 1.82) is 0 Å². The molecule has 29 heavy (non-hydrogen) atoms. The monoisotopic (exact) mass is 393 g/mol. The third kappa shape index (κ3) is 3.81. The van der Waals surface area contributed by atoms with E-state index in [1.807, 2.05) is 13.8 Å². The van der Waals surface area contributed by atoms with E-state index < -0.39 is 0 Å². The number of esters is 1. The first-order valence-electron chi connectivity index (χ1n) is 10.3. The molecule has 0 fully saturated rings. The van der Waals surface area contributed by atoms with Gasteiger partial charge in [-0.2, -0.15) is 0 Å². The molecule has 0 spiro atoms. The van der Waals surface area contributed by atoms with E-state index in [-0.39, 0.29) is 5.97 Å². The zero-order valence-corrected chi connectivity index (χ0v) is 17.3. The second-order valence-corrected chi connectivity index (χ2v) is 7.59. The van der Waals surface area contributed by atoms with Gasteiger partial charge in [0, 0.05) is 24.5 Å². The van der Waals surface area contributed by atoms with Gasteiger partial charge in [0.05, 0.1) is 24.4 Å². The number of carbonyl (C=O) groups excluding carboxylic acids is 1. The molecule has 0 bridgehead atoms. The van der Waals surface area contributed by atoms with Crippen LogP contribution in [-0.4, -0.2) is 32.3 Å². The van der Waals surface area contributed by atoms with Crippen molar-refractivity contribution in [2.24, 2.45) is 0 Å². The normalized spacial score (nSPS) is 13.8. The van der Waals surface area contributed by atoms with E-state index in [9.17, 15) is 4.79 Å². The highest BCUT2D eigenvalue weighted by atomic mass is 16.5. The van der Waals surface area contributed by atoms with Crippen LogP contribution in [0.2, 0.25) is 0 Å². The van der Waals surface area contributed by atoms with E-state index in [4.69, 9.17) is 4.74 Å². The summed E-state index contributed by atoms with van der Waals surface area (Å²) in [6.45, 7) is 7.64. The predicted molar refractivity (Wildman–Crippen MR) is 112 cm³/mol. The summed E-state index contributed by atoms with van der Waals surface area (Å²) in [5.41, 5.74) is 4.27. The fourth-order valence-electron chi connectivity index (χ4n) is 4.06. The van der Waals surface area contributed by atoms with Gasteiger partial charge in [0.15, 0.2) is 5.82 Å². The summed E-state index contributed by atoms with van der Waals surface area (Å²) < 4.78 is 7.48. The molecule has 1 aromatic carbocycles. The Hall–Kier alpha value is -2.96. The minimum absolute atomic E-state index is 0.320. The van der Waals surface area contributed by atoms with E-state index in [0.29, 0.717) is 18.7 Å². The third-order valence-electron chi connectivity index (χ3n) is 5.41. The van der Waals surface area contributed by atoms with Crippen LogP contribution in [0.5, 0.6) is 0 Å². The van der Waals surface area contributed by atoms with Crippen LogP contribution in [0.4, 0.5) is 5.69 Å². The van der Waals surface area contributed by atoms with Gasteiger partial charge in [0.1, 0.15) is 11.4 Å². The molecule has 0 unspecified atom stereocenters. The Bertz CT molecular complexity index is 1060. The van der Waals surface area contributed by atoms with E-state index in [2.05, 4.69) is 37.2 Å². The van der Waals surface area contributed by atoms with Gasteiger partial charge in [0.25, 0.3) is 0 Å². The Balaban J connectivity index is 1.74. The molecule has 0 radical (unpaired) electrons. The summed E-state index contributed by atoms with van der Waals surface area (Å²) in [5, 5.41) is 13.2. The van der Waals surface area contributed by atoms with Gasteiger partial charge in [0.2, 0.25) is 0 Å². The molecule has 3 heterocycles. The minimum Gasteiger partial charge on any atom is -0.462 e. The van der Waals surface area contributed by atoms with E-state index in [0.717, 1.165) is 65.2 Å². The Labute approximate surface area is 170 Å². The van der Waals surface area contributed by atoms with Crippen molar-refractivity contribution in [3.63, 3.8) is 0 Å². The number of fused-ring (bicyclic) bond motifs is 2. The van der Waals surface area contributed by atoms with Crippen molar-refractivity contribution in [2.45, 2.75) is 59.5 Å². The molecule has 2 aromatic heterocycles. The fourth-order valence-corrected chi connectivity index (χ4v) is 4.06. The Morgan fingerprint density at radius 3 is 2.90 bits per heavy atom. The Kier molecular flexibility index (Phi) is 5.47. The van der Waals surface area contributed by atoms with Crippen molar-refractivity contribution in [2.75, 3.05) is 11.9 Å². The number of nitrogens with one attached hydrogen (secondary N) is 1. The molecule has 0 saturated carbocycles. The van der Waals surface area contributed by atoms with Crippen molar-refractivity contribution in [1.82, 2.24) is 19.7 Å². The summed E-state index contributed by atoms with van der Waals surface area (Å²) in [6, 6.07) is 4.16. The van der Waals surface area contributed by atoms with Crippen molar-refractivity contribution >= 4 is 22.6 Å². The summed E-state index contributed by atoms with van der Waals surface area (Å²) >= 11 is 0. The number of hydrogen-bond acceptors (Lipinski definition) is 6. The molecule has 0 aliphatic carbocycles. The number of aryl methyl sites for hydroxylation is 3. The number of carbonyl (C=O) groups is 1. The quantitative estimate of drug-likeness (QED) is 0.661.